The molecule has 0 radical (unpaired) electrons. The van der Waals surface area contributed by atoms with Gasteiger partial charge in [0.1, 0.15) is 12.6 Å². The standard InChI is InChI=1S/C14H23N3O2/c1-3-15-8-11(2)9-16-10-13(18)17-7-5-4-6-12(17)14(16)19/h12,15H,2-10H2,1H3. The van der Waals surface area contributed by atoms with Crippen molar-refractivity contribution in [1.82, 2.24) is 15.1 Å². The minimum absolute atomic E-state index is 0.0838. The maximum absolute atomic E-state index is 12.4. The largest absolute Gasteiger partial charge is 0.329 e. The van der Waals surface area contributed by atoms with Crippen molar-refractivity contribution in [3.8, 4) is 0 Å². The zero-order valence-corrected chi connectivity index (χ0v) is 11.7. The fraction of sp³-hybridized carbons (Fsp3) is 0.714. The Morgan fingerprint density at radius 1 is 1.42 bits per heavy atom. The van der Waals surface area contributed by atoms with Crippen molar-refractivity contribution in [2.45, 2.75) is 32.2 Å². The first-order chi connectivity index (χ1) is 9.13. The zero-order valence-electron chi connectivity index (χ0n) is 11.7. The van der Waals surface area contributed by atoms with Crippen LogP contribution in [-0.4, -0.2) is 60.4 Å². The first-order valence-corrected chi connectivity index (χ1v) is 7.09. The number of fused-ring (bicyclic) bond motifs is 1. The second-order valence-electron chi connectivity index (χ2n) is 5.32. The summed E-state index contributed by atoms with van der Waals surface area (Å²) in [6, 6.07) is -0.220. The van der Waals surface area contributed by atoms with Gasteiger partial charge in [0, 0.05) is 19.6 Å². The highest BCUT2D eigenvalue weighted by molar-refractivity contribution is 5.95. The molecular weight excluding hydrogens is 242 g/mol. The van der Waals surface area contributed by atoms with Crippen LogP contribution in [0, 0.1) is 0 Å². The molecule has 106 valence electrons. The van der Waals surface area contributed by atoms with E-state index in [9.17, 15) is 9.59 Å². The Labute approximate surface area is 114 Å². The summed E-state index contributed by atoms with van der Waals surface area (Å²) < 4.78 is 0. The summed E-state index contributed by atoms with van der Waals surface area (Å²) in [5, 5.41) is 3.19. The third-order valence-corrected chi connectivity index (χ3v) is 3.79. The minimum Gasteiger partial charge on any atom is -0.329 e. The van der Waals surface area contributed by atoms with Crippen LogP contribution in [0.25, 0.3) is 0 Å². The highest BCUT2D eigenvalue weighted by atomic mass is 16.2. The summed E-state index contributed by atoms with van der Waals surface area (Å²) in [5.74, 6) is 0.178. The molecule has 5 nitrogen and oxygen atoms in total. The summed E-state index contributed by atoms with van der Waals surface area (Å²) in [7, 11) is 0. The maximum atomic E-state index is 12.4. The third kappa shape index (κ3) is 3.15. The van der Waals surface area contributed by atoms with Gasteiger partial charge in [0.15, 0.2) is 0 Å². The molecule has 0 spiro atoms. The number of piperazine rings is 1. The lowest BCUT2D eigenvalue weighted by Gasteiger charge is -2.42. The van der Waals surface area contributed by atoms with E-state index in [1.165, 1.54) is 0 Å². The molecule has 1 atom stereocenters. The molecule has 2 aliphatic rings. The number of nitrogens with one attached hydrogen (secondary N) is 1. The van der Waals surface area contributed by atoms with Gasteiger partial charge in [-0.2, -0.15) is 0 Å². The Kier molecular flexibility index (Phi) is 4.58. The van der Waals surface area contributed by atoms with Crippen LogP contribution in [0.3, 0.4) is 0 Å². The predicted molar refractivity (Wildman–Crippen MR) is 73.6 cm³/mol. The van der Waals surface area contributed by atoms with E-state index in [0.717, 1.165) is 37.9 Å². The molecular formula is C14H23N3O2. The Morgan fingerprint density at radius 3 is 2.95 bits per heavy atom. The first-order valence-electron chi connectivity index (χ1n) is 7.09. The van der Waals surface area contributed by atoms with Crippen LogP contribution in [0.1, 0.15) is 26.2 Å². The second-order valence-corrected chi connectivity index (χ2v) is 5.32. The average molecular weight is 265 g/mol. The number of rotatable bonds is 5. The lowest BCUT2D eigenvalue weighted by Crippen LogP contribution is -2.61. The van der Waals surface area contributed by atoms with E-state index in [2.05, 4.69) is 11.9 Å². The number of piperidine rings is 1. The Balaban J connectivity index is 1.96. The molecule has 0 aromatic rings. The molecule has 0 aromatic carbocycles. The van der Waals surface area contributed by atoms with Crippen molar-refractivity contribution in [2.24, 2.45) is 0 Å². The number of nitrogens with zero attached hydrogens (tertiary/aromatic N) is 2. The van der Waals surface area contributed by atoms with Gasteiger partial charge in [-0.1, -0.05) is 13.5 Å². The van der Waals surface area contributed by atoms with E-state index in [0.29, 0.717) is 13.1 Å². The Morgan fingerprint density at radius 2 is 2.21 bits per heavy atom. The minimum atomic E-state index is -0.220. The van der Waals surface area contributed by atoms with Crippen molar-refractivity contribution in [2.75, 3.05) is 32.7 Å². The lowest BCUT2D eigenvalue weighted by molar-refractivity contribution is -0.157. The van der Waals surface area contributed by atoms with Gasteiger partial charge in [0.05, 0.1) is 0 Å². The summed E-state index contributed by atoms with van der Waals surface area (Å²) >= 11 is 0. The van der Waals surface area contributed by atoms with E-state index in [-0.39, 0.29) is 24.4 Å². The highest BCUT2D eigenvalue weighted by Crippen LogP contribution is 2.23. The van der Waals surface area contributed by atoms with E-state index in [1.807, 2.05) is 6.92 Å². The Bertz CT molecular complexity index is 381. The van der Waals surface area contributed by atoms with Crippen LogP contribution in [0.2, 0.25) is 0 Å². The van der Waals surface area contributed by atoms with Gasteiger partial charge < -0.3 is 15.1 Å². The van der Waals surface area contributed by atoms with Crippen LogP contribution in [0.5, 0.6) is 0 Å². The lowest BCUT2D eigenvalue weighted by atomic mass is 9.98. The topological polar surface area (TPSA) is 52.7 Å². The van der Waals surface area contributed by atoms with E-state index in [4.69, 9.17) is 0 Å². The number of hydrogen-bond donors (Lipinski definition) is 1. The van der Waals surface area contributed by atoms with Gasteiger partial charge >= 0.3 is 0 Å². The first kappa shape index (κ1) is 14.1. The van der Waals surface area contributed by atoms with E-state index >= 15 is 0 Å². The maximum Gasteiger partial charge on any atom is 0.246 e. The molecule has 19 heavy (non-hydrogen) atoms. The van der Waals surface area contributed by atoms with Crippen molar-refractivity contribution < 1.29 is 9.59 Å². The van der Waals surface area contributed by atoms with Crippen molar-refractivity contribution >= 4 is 11.8 Å². The molecule has 0 aliphatic carbocycles. The second kappa shape index (κ2) is 6.19. The van der Waals surface area contributed by atoms with Gasteiger partial charge in [-0.25, -0.2) is 0 Å². The fourth-order valence-electron chi connectivity index (χ4n) is 2.79. The normalized spacial score (nSPS) is 23.5. The molecule has 1 unspecified atom stereocenters. The summed E-state index contributed by atoms with van der Waals surface area (Å²) in [4.78, 5) is 27.9. The molecule has 1 N–H and O–H groups in total. The zero-order chi connectivity index (χ0) is 13.8. The van der Waals surface area contributed by atoms with Crippen LogP contribution < -0.4 is 5.32 Å². The fourth-order valence-corrected chi connectivity index (χ4v) is 2.79. The molecule has 0 saturated carbocycles. The third-order valence-electron chi connectivity index (χ3n) is 3.79. The quantitative estimate of drug-likeness (QED) is 0.731. The highest BCUT2D eigenvalue weighted by Gasteiger charge is 2.40. The van der Waals surface area contributed by atoms with Crippen molar-refractivity contribution in [1.29, 1.82) is 0 Å². The SMILES string of the molecule is C=C(CNCC)CN1CC(=O)N2CCCCC2C1=O. The van der Waals surface area contributed by atoms with Gasteiger partial charge in [0.25, 0.3) is 0 Å². The summed E-state index contributed by atoms with van der Waals surface area (Å²) in [6.07, 6.45) is 2.86. The molecule has 5 heteroatoms. The smallest absolute Gasteiger partial charge is 0.246 e. The van der Waals surface area contributed by atoms with Crippen LogP contribution >= 0.6 is 0 Å². The number of hydrogen-bond acceptors (Lipinski definition) is 3. The molecule has 0 aromatic heterocycles. The van der Waals surface area contributed by atoms with Gasteiger partial charge in [0.2, 0.25) is 11.8 Å². The van der Waals surface area contributed by atoms with Crippen molar-refractivity contribution in [3.05, 3.63) is 12.2 Å². The Hall–Kier alpha value is -1.36. The van der Waals surface area contributed by atoms with Gasteiger partial charge in [-0.05, 0) is 31.4 Å². The molecule has 2 fully saturated rings. The number of amides is 2. The molecule has 2 saturated heterocycles. The average Bonchev–Trinajstić information content (AvgIpc) is 2.42. The predicted octanol–water partition coefficient (Wildman–Crippen LogP) is 0.375. The van der Waals surface area contributed by atoms with Crippen molar-refractivity contribution in [3.63, 3.8) is 0 Å². The molecule has 2 rings (SSSR count). The van der Waals surface area contributed by atoms with Crippen LogP contribution in [0.15, 0.2) is 12.2 Å². The molecule has 2 amide bonds. The molecule has 2 aliphatic heterocycles. The monoisotopic (exact) mass is 265 g/mol. The van der Waals surface area contributed by atoms with Gasteiger partial charge in [-0.3, -0.25) is 9.59 Å². The number of carbonyl (C=O) groups is 2. The summed E-state index contributed by atoms with van der Waals surface area (Å²) in [5.41, 5.74) is 0.951. The number of carbonyl (C=O) groups excluding carboxylic acids is 2. The van der Waals surface area contributed by atoms with Crippen LogP contribution in [0.4, 0.5) is 0 Å². The number of likely N-dealkylation sites (N-methyl/N-ethyl adjacent to an activating group) is 1. The van der Waals surface area contributed by atoms with E-state index in [1.54, 1.807) is 9.80 Å². The van der Waals surface area contributed by atoms with Gasteiger partial charge in [-0.15, -0.1) is 0 Å². The summed E-state index contributed by atoms with van der Waals surface area (Å²) in [6.45, 7) is 9.01. The molecule has 2 heterocycles. The molecule has 0 bridgehead atoms. The van der Waals surface area contributed by atoms with Crippen LogP contribution in [-0.2, 0) is 9.59 Å². The van der Waals surface area contributed by atoms with E-state index < -0.39 is 0 Å².